The average molecular weight is 291 g/mol. The number of terminal acetylenes is 1. The molecule has 0 aliphatic heterocycles. The van der Waals surface area contributed by atoms with Crippen LogP contribution in [0.25, 0.3) is 10.9 Å². The topological polar surface area (TPSA) is 48.4 Å². The minimum atomic E-state index is -1.14. The number of nitrogens with zero attached hydrogens (tertiary/aromatic N) is 1. The summed E-state index contributed by atoms with van der Waals surface area (Å²) >= 11 is 0. The lowest BCUT2D eigenvalue weighted by molar-refractivity contribution is 0.111. The summed E-state index contributed by atoms with van der Waals surface area (Å²) in [5.74, 6) is -0.227. The number of pyridine rings is 1. The van der Waals surface area contributed by atoms with E-state index in [-0.39, 0.29) is 23.3 Å². The molecular weight excluding hydrogens is 280 g/mol. The van der Waals surface area contributed by atoms with E-state index in [9.17, 15) is 13.6 Å². The number of ether oxygens (including phenoxy) is 2. The molecule has 0 aliphatic carbocycles. The molecule has 0 saturated heterocycles. The first-order valence-corrected chi connectivity index (χ1v) is 5.98. The lowest BCUT2D eigenvalue weighted by atomic mass is 10.1. The number of hydrogen-bond donors (Lipinski definition) is 0. The van der Waals surface area contributed by atoms with E-state index in [4.69, 9.17) is 11.2 Å². The molecule has 0 atom stereocenters. The molecule has 108 valence electrons. The zero-order valence-electron chi connectivity index (χ0n) is 11.4. The smallest absolute Gasteiger partial charge is 0.421 e. The summed E-state index contributed by atoms with van der Waals surface area (Å²) in [6.07, 6.45) is 3.87. The molecule has 0 radical (unpaired) electrons. The number of aryl methyl sites for hydroxylation is 1. The van der Waals surface area contributed by atoms with Gasteiger partial charge in [0.05, 0.1) is 10.9 Å². The van der Waals surface area contributed by atoms with Crippen LogP contribution in [0.5, 0.6) is 5.75 Å². The van der Waals surface area contributed by atoms with Crippen LogP contribution in [0.4, 0.5) is 13.6 Å². The highest BCUT2D eigenvalue weighted by Gasteiger charge is 2.20. The van der Waals surface area contributed by atoms with Crippen molar-refractivity contribution in [3.05, 3.63) is 35.0 Å². The largest absolute Gasteiger partial charge is 0.514 e. The van der Waals surface area contributed by atoms with E-state index in [1.807, 2.05) is 0 Å². The summed E-state index contributed by atoms with van der Waals surface area (Å²) < 4.78 is 36.9. The van der Waals surface area contributed by atoms with Crippen molar-refractivity contribution in [3.8, 4) is 18.1 Å². The van der Waals surface area contributed by atoms with E-state index in [0.717, 1.165) is 6.07 Å². The second kappa shape index (κ2) is 5.75. The molecule has 0 amide bonds. The maximum Gasteiger partial charge on any atom is 0.514 e. The molecule has 1 aromatic heterocycles. The van der Waals surface area contributed by atoms with Crippen LogP contribution in [0.3, 0.4) is 0 Å². The number of carbonyl (C=O) groups excluding carboxylic acids is 1. The molecule has 21 heavy (non-hydrogen) atoms. The SMILES string of the molecule is C#CCOC(=O)Oc1c(C)c(C)nc2ccc(F)c(F)c12. The van der Waals surface area contributed by atoms with Crippen LogP contribution in [0.1, 0.15) is 11.3 Å². The van der Waals surface area contributed by atoms with Crippen molar-refractivity contribution >= 4 is 17.1 Å². The fourth-order valence-corrected chi connectivity index (χ4v) is 1.81. The van der Waals surface area contributed by atoms with Crippen LogP contribution in [-0.4, -0.2) is 17.7 Å². The summed E-state index contributed by atoms with van der Waals surface area (Å²) in [6, 6.07) is 2.26. The Morgan fingerprint density at radius 2 is 2.10 bits per heavy atom. The first-order chi connectivity index (χ1) is 9.95. The van der Waals surface area contributed by atoms with Gasteiger partial charge in [0.2, 0.25) is 0 Å². The van der Waals surface area contributed by atoms with Crippen LogP contribution in [-0.2, 0) is 4.74 Å². The van der Waals surface area contributed by atoms with Gasteiger partial charge in [0.15, 0.2) is 24.0 Å². The van der Waals surface area contributed by atoms with Gasteiger partial charge in [-0.15, -0.1) is 6.42 Å². The zero-order chi connectivity index (χ0) is 15.6. The lowest BCUT2D eigenvalue weighted by Crippen LogP contribution is -2.13. The molecule has 4 nitrogen and oxygen atoms in total. The van der Waals surface area contributed by atoms with Gasteiger partial charge >= 0.3 is 6.16 Å². The van der Waals surface area contributed by atoms with Gasteiger partial charge in [0.1, 0.15) is 0 Å². The van der Waals surface area contributed by atoms with Crippen molar-refractivity contribution in [3.63, 3.8) is 0 Å². The third-order valence-electron chi connectivity index (χ3n) is 2.93. The van der Waals surface area contributed by atoms with Crippen molar-refractivity contribution < 1.29 is 23.0 Å². The molecule has 0 N–H and O–H groups in total. The number of carbonyl (C=O) groups is 1. The molecular formula is C15H11F2NO3. The average Bonchev–Trinajstić information content (AvgIpc) is 2.45. The Hall–Kier alpha value is -2.68. The van der Waals surface area contributed by atoms with Gasteiger partial charge in [-0.1, -0.05) is 5.92 Å². The summed E-state index contributed by atoms with van der Waals surface area (Å²) in [5.41, 5.74) is 1.11. The Morgan fingerprint density at radius 3 is 2.76 bits per heavy atom. The fourth-order valence-electron chi connectivity index (χ4n) is 1.81. The standard InChI is InChI=1S/C15H11F2NO3/c1-4-7-20-15(19)21-14-8(2)9(3)18-11-6-5-10(16)13(17)12(11)14/h1,5-6H,7H2,2-3H3. The monoisotopic (exact) mass is 291 g/mol. The molecule has 1 heterocycles. The Bertz CT molecular complexity index is 766. The number of hydrogen-bond acceptors (Lipinski definition) is 4. The van der Waals surface area contributed by atoms with Crippen molar-refractivity contribution in [1.29, 1.82) is 0 Å². The van der Waals surface area contributed by atoms with Crippen LogP contribution in [0.2, 0.25) is 0 Å². The normalized spacial score (nSPS) is 10.2. The van der Waals surface area contributed by atoms with E-state index in [0.29, 0.717) is 11.3 Å². The fraction of sp³-hybridized carbons (Fsp3) is 0.200. The van der Waals surface area contributed by atoms with Crippen LogP contribution >= 0.6 is 0 Å². The predicted octanol–water partition coefficient (Wildman–Crippen LogP) is 3.28. The molecule has 2 rings (SSSR count). The second-order valence-corrected chi connectivity index (χ2v) is 4.25. The highest BCUT2D eigenvalue weighted by atomic mass is 19.2. The van der Waals surface area contributed by atoms with Crippen molar-refractivity contribution in [2.75, 3.05) is 6.61 Å². The second-order valence-electron chi connectivity index (χ2n) is 4.25. The van der Waals surface area contributed by atoms with Crippen molar-refractivity contribution in [2.24, 2.45) is 0 Å². The van der Waals surface area contributed by atoms with Gasteiger partial charge in [-0.05, 0) is 26.0 Å². The van der Waals surface area contributed by atoms with Gasteiger partial charge in [-0.3, -0.25) is 4.98 Å². The third kappa shape index (κ3) is 2.77. The molecule has 1 aromatic carbocycles. The number of rotatable bonds is 2. The Kier molecular flexibility index (Phi) is 4.03. The quantitative estimate of drug-likeness (QED) is 0.629. The van der Waals surface area contributed by atoms with Gasteiger partial charge in [0, 0.05) is 11.3 Å². The zero-order valence-corrected chi connectivity index (χ0v) is 11.4. The van der Waals surface area contributed by atoms with E-state index in [1.165, 1.54) is 6.07 Å². The van der Waals surface area contributed by atoms with Gasteiger partial charge in [-0.25, -0.2) is 13.6 Å². The minimum Gasteiger partial charge on any atom is -0.421 e. The van der Waals surface area contributed by atoms with E-state index >= 15 is 0 Å². The first-order valence-electron chi connectivity index (χ1n) is 5.98. The Labute approximate surface area is 119 Å². The molecule has 0 fully saturated rings. The van der Waals surface area contributed by atoms with Crippen LogP contribution in [0, 0.1) is 37.8 Å². The number of aromatic nitrogens is 1. The number of halogens is 2. The molecule has 0 bridgehead atoms. The van der Waals surface area contributed by atoms with E-state index < -0.39 is 17.8 Å². The maximum atomic E-state index is 14.0. The number of fused-ring (bicyclic) bond motifs is 1. The van der Waals surface area contributed by atoms with E-state index in [2.05, 4.69) is 15.6 Å². The highest BCUT2D eigenvalue weighted by molar-refractivity contribution is 5.89. The van der Waals surface area contributed by atoms with Crippen LogP contribution in [0.15, 0.2) is 12.1 Å². The maximum absolute atomic E-state index is 14.0. The molecule has 2 aromatic rings. The van der Waals surface area contributed by atoms with Crippen LogP contribution < -0.4 is 4.74 Å². The summed E-state index contributed by atoms with van der Waals surface area (Å²) in [6.45, 7) is 2.96. The van der Waals surface area contributed by atoms with Gasteiger partial charge in [0.25, 0.3) is 0 Å². The minimum absolute atomic E-state index is 0.128. The molecule has 0 aliphatic rings. The molecule has 0 unspecified atom stereocenters. The summed E-state index contributed by atoms with van der Waals surface area (Å²) in [7, 11) is 0. The van der Waals surface area contributed by atoms with Gasteiger partial charge < -0.3 is 9.47 Å². The predicted molar refractivity (Wildman–Crippen MR) is 71.9 cm³/mol. The molecule has 6 heteroatoms. The lowest BCUT2D eigenvalue weighted by Gasteiger charge is -2.12. The summed E-state index contributed by atoms with van der Waals surface area (Å²) in [4.78, 5) is 15.6. The van der Waals surface area contributed by atoms with Crippen molar-refractivity contribution in [2.45, 2.75) is 13.8 Å². The Balaban J connectivity index is 2.60. The first kappa shape index (κ1) is 14.7. The Morgan fingerprint density at radius 1 is 1.38 bits per heavy atom. The number of benzene rings is 1. The third-order valence-corrected chi connectivity index (χ3v) is 2.93. The summed E-state index contributed by atoms with van der Waals surface area (Å²) in [5, 5.41) is -0.212. The van der Waals surface area contributed by atoms with Crippen molar-refractivity contribution in [1.82, 2.24) is 4.98 Å². The van der Waals surface area contributed by atoms with Gasteiger partial charge in [-0.2, -0.15) is 0 Å². The molecule has 0 spiro atoms. The molecule has 0 saturated carbocycles. The highest BCUT2D eigenvalue weighted by Crippen LogP contribution is 2.33. The van der Waals surface area contributed by atoms with E-state index in [1.54, 1.807) is 13.8 Å².